The number of nitrogens with one attached hydrogen (secondary N) is 1. The van der Waals surface area contributed by atoms with Crippen molar-refractivity contribution in [2.75, 3.05) is 19.7 Å². The number of hydrogen-bond acceptors (Lipinski definition) is 7. The Balaban J connectivity index is 1.31. The first-order valence-electron chi connectivity index (χ1n) is 12.7. The average Bonchev–Trinajstić information content (AvgIpc) is 3.34. The van der Waals surface area contributed by atoms with Gasteiger partial charge in [-0.15, -0.1) is 0 Å². The van der Waals surface area contributed by atoms with Gasteiger partial charge in [0.1, 0.15) is 11.7 Å². The maximum absolute atomic E-state index is 12.8. The molecule has 9 nitrogen and oxygen atoms in total. The second-order valence-corrected chi connectivity index (χ2v) is 10.1. The van der Waals surface area contributed by atoms with E-state index in [1.165, 1.54) is 16.8 Å². The molecule has 0 atom stereocenters. The van der Waals surface area contributed by atoms with Gasteiger partial charge < -0.3 is 14.4 Å². The number of nitrogens with zero attached hydrogens (tertiary/aromatic N) is 4. The first-order chi connectivity index (χ1) is 18.5. The molecule has 1 N–H and O–H groups in total. The fourth-order valence-corrected chi connectivity index (χ4v) is 5.27. The Hall–Kier alpha value is -3.92. The van der Waals surface area contributed by atoms with Gasteiger partial charge in [-0.2, -0.15) is 15.1 Å². The summed E-state index contributed by atoms with van der Waals surface area (Å²) in [5.41, 5.74) is 1.82. The predicted molar refractivity (Wildman–Crippen MR) is 148 cm³/mol. The Bertz CT molecular complexity index is 1330. The molecular formula is C28H29N5O4S. The molecule has 0 radical (unpaired) electrons. The number of fused-ring (bicyclic) bond motifs is 1. The summed E-state index contributed by atoms with van der Waals surface area (Å²) in [4.78, 5) is 31.5. The molecule has 3 aliphatic rings. The second-order valence-electron chi connectivity index (χ2n) is 9.05. The smallest absolute Gasteiger partial charge is 0.283 e. The largest absolute Gasteiger partial charge is 0.490 e. The maximum Gasteiger partial charge on any atom is 0.283 e. The number of amidine groups is 2. The van der Waals surface area contributed by atoms with Gasteiger partial charge in [0.2, 0.25) is 11.1 Å². The van der Waals surface area contributed by atoms with Crippen LogP contribution in [-0.2, 0) is 16.2 Å². The molecule has 3 heterocycles. The van der Waals surface area contributed by atoms with E-state index in [0.717, 1.165) is 37.9 Å². The minimum absolute atomic E-state index is 0.0167. The lowest BCUT2D eigenvalue weighted by Crippen LogP contribution is -2.36. The van der Waals surface area contributed by atoms with E-state index in [4.69, 9.17) is 14.9 Å². The molecule has 0 bridgehead atoms. The quantitative estimate of drug-likeness (QED) is 0.496. The van der Waals surface area contributed by atoms with Crippen LogP contribution in [0.2, 0.25) is 0 Å². The predicted octanol–water partition coefficient (Wildman–Crippen LogP) is 4.69. The van der Waals surface area contributed by atoms with Gasteiger partial charge in [-0.3, -0.25) is 15.0 Å². The molecule has 1 fully saturated rings. The summed E-state index contributed by atoms with van der Waals surface area (Å²) >= 11 is 1.17. The van der Waals surface area contributed by atoms with Crippen molar-refractivity contribution in [3.05, 3.63) is 65.2 Å². The maximum atomic E-state index is 12.8. The molecule has 0 aliphatic carbocycles. The number of aliphatic imine (C=N–C) groups is 1. The minimum atomic E-state index is -0.519. The van der Waals surface area contributed by atoms with Gasteiger partial charge in [0.15, 0.2) is 17.3 Å². The Labute approximate surface area is 225 Å². The van der Waals surface area contributed by atoms with Crippen LogP contribution in [0.3, 0.4) is 0 Å². The molecule has 0 aromatic heterocycles. The van der Waals surface area contributed by atoms with E-state index >= 15 is 0 Å². The van der Waals surface area contributed by atoms with E-state index in [1.807, 2.05) is 42.2 Å². The first kappa shape index (κ1) is 25.7. The van der Waals surface area contributed by atoms with Crippen molar-refractivity contribution in [3.63, 3.8) is 0 Å². The first-order valence-corrected chi connectivity index (χ1v) is 13.5. The summed E-state index contributed by atoms with van der Waals surface area (Å²) in [7, 11) is 0. The summed E-state index contributed by atoms with van der Waals surface area (Å²) in [6.07, 6.45) is 4.92. The average molecular weight is 532 g/mol. The van der Waals surface area contributed by atoms with E-state index in [1.54, 1.807) is 24.3 Å². The van der Waals surface area contributed by atoms with Crippen LogP contribution in [0, 0.1) is 5.41 Å². The van der Waals surface area contributed by atoms with Crippen LogP contribution in [0.25, 0.3) is 6.08 Å². The molecule has 2 aromatic carbocycles. The van der Waals surface area contributed by atoms with Gasteiger partial charge in [-0.25, -0.2) is 0 Å². The lowest BCUT2D eigenvalue weighted by molar-refractivity contribution is -0.130. The highest BCUT2D eigenvalue weighted by Crippen LogP contribution is 2.33. The fourth-order valence-electron chi connectivity index (χ4n) is 4.39. The molecule has 2 amide bonds. The van der Waals surface area contributed by atoms with Crippen molar-refractivity contribution >= 4 is 45.7 Å². The zero-order valence-corrected chi connectivity index (χ0v) is 22.0. The Morgan fingerprint density at radius 1 is 1.08 bits per heavy atom. The van der Waals surface area contributed by atoms with Crippen LogP contribution < -0.4 is 9.47 Å². The van der Waals surface area contributed by atoms with E-state index in [2.05, 4.69) is 10.1 Å². The van der Waals surface area contributed by atoms with Gasteiger partial charge in [0.05, 0.1) is 18.6 Å². The molecule has 2 aromatic rings. The third-order valence-electron chi connectivity index (χ3n) is 6.32. The van der Waals surface area contributed by atoms with Crippen LogP contribution in [-0.4, -0.2) is 57.5 Å². The van der Waals surface area contributed by atoms with Crippen molar-refractivity contribution in [1.82, 2.24) is 9.91 Å². The number of thioether (sulfide) groups is 1. The van der Waals surface area contributed by atoms with Gasteiger partial charge in [-0.05, 0) is 67.3 Å². The third kappa shape index (κ3) is 5.80. The van der Waals surface area contributed by atoms with E-state index < -0.39 is 5.91 Å². The number of ether oxygens (including phenoxy) is 2. The number of carbonyl (C=O) groups excluding carboxylic acids is 2. The Morgan fingerprint density at radius 2 is 1.87 bits per heavy atom. The zero-order valence-electron chi connectivity index (χ0n) is 21.2. The number of benzene rings is 2. The summed E-state index contributed by atoms with van der Waals surface area (Å²) in [5, 5.41) is 15.3. The van der Waals surface area contributed by atoms with E-state index in [0.29, 0.717) is 40.5 Å². The number of piperidine rings is 1. The highest BCUT2D eigenvalue weighted by atomic mass is 32.2. The minimum Gasteiger partial charge on any atom is -0.490 e. The highest BCUT2D eigenvalue weighted by molar-refractivity contribution is 8.27. The van der Waals surface area contributed by atoms with Crippen molar-refractivity contribution in [1.29, 1.82) is 5.41 Å². The molecule has 38 heavy (non-hydrogen) atoms. The summed E-state index contributed by atoms with van der Waals surface area (Å²) in [6, 6.07) is 15.2. The number of hydrazone groups is 1. The molecule has 0 unspecified atom stereocenters. The molecule has 1 saturated heterocycles. The summed E-state index contributed by atoms with van der Waals surface area (Å²) < 4.78 is 11.8. The van der Waals surface area contributed by atoms with Crippen molar-refractivity contribution in [2.24, 2.45) is 10.1 Å². The normalized spacial score (nSPS) is 18.3. The summed E-state index contributed by atoms with van der Waals surface area (Å²) in [5.74, 6) is 0.560. The number of amides is 2. The van der Waals surface area contributed by atoms with Gasteiger partial charge >= 0.3 is 0 Å². The van der Waals surface area contributed by atoms with E-state index in [-0.39, 0.29) is 23.7 Å². The van der Waals surface area contributed by atoms with Crippen molar-refractivity contribution in [3.8, 4) is 11.5 Å². The number of carbonyl (C=O) groups is 2. The Kier molecular flexibility index (Phi) is 7.88. The topological polar surface area (TPSA) is 108 Å². The van der Waals surface area contributed by atoms with Gasteiger partial charge in [0.25, 0.3) is 5.91 Å². The van der Waals surface area contributed by atoms with Gasteiger partial charge in [-0.1, -0.05) is 36.4 Å². The van der Waals surface area contributed by atoms with Crippen molar-refractivity contribution < 1.29 is 19.1 Å². The Morgan fingerprint density at radius 3 is 2.63 bits per heavy atom. The molecule has 10 heteroatoms. The summed E-state index contributed by atoms with van der Waals surface area (Å²) in [6.45, 7) is 4.27. The zero-order chi connectivity index (χ0) is 26.5. The standard InChI is InChI=1S/C28H29N5O4S/c1-2-36-23-16-20(11-12-22(23)37-18-19-9-5-3-6-10-19)15-21-26(29)33-28(30-27(21)35)38-24(31-33)17-25(34)32-13-7-4-8-14-32/h3,5-6,9-12,15-16,29H,2,4,7-8,13-14,17-18H2,1H3. The van der Waals surface area contributed by atoms with Crippen LogP contribution in [0.1, 0.15) is 43.7 Å². The van der Waals surface area contributed by atoms with Crippen LogP contribution in [0.15, 0.2) is 64.2 Å². The molecule has 3 aliphatic heterocycles. The highest BCUT2D eigenvalue weighted by Gasteiger charge is 2.36. The SMILES string of the molecule is CCOc1cc(C=C2C(=N)N3N=C(CC(=O)N4CCCCC4)SC3=NC2=O)ccc1OCc1ccccc1. The van der Waals surface area contributed by atoms with Crippen LogP contribution in [0.5, 0.6) is 11.5 Å². The lowest BCUT2D eigenvalue weighted by atomic mass is 10.1. The molecular weight excluding hydrogens is 502 g/mol. The third-order valence-corrected chi connectivity index (χ3v) is 7.23. The second kappa shape index (κ2) is 11.6. The van der Waals surface area contributed by atoms with Crippen molar-refractivity contribution in [2.45, 2.75) is 39.2 Å². The van der Waals surface area contributed by atoms with E-state index in [9.17, 15) is 9.59 Å². The number of rotatable bonds is 8. The molecule has 0 saturated carbocycles. The molecule has 0 spiro atoms. The number of likely N-dealkylation sites (tertiary alicyclic amines) is 1. The monoisotopic (exact) mass is 531 g/mol. The number of hydrogen-bond donors (Lipinski definition) is 1. The molecule has 196 valence electrons. The van der Waals surface area contributed by atoms with Crippen LogP contribution in [0.4, 0.5) is 0 Å². The van der Waals surface area contributed by atoms with Gasteiger partial charge in [0, 0.05) is 13.1 Å². The lowest BCUT2D eigenvalue weighted by Gasteiger charge is -2.26. The fraction of sp³-hybridized carbons (Fsp3) is 0.321. The van der Waals surface area contributed by atoms with Crippen LogP contribution >= 0.6 is 11.8 Å². The molecule has 5 rings (SSSR count).